The van der Waals surface area contributed by atoms with E-state index < -0.39 is 0 Å². The largest absolute Gasteiger partial charge is 0.490 e. The molecular formula is C23H22BrCl2NO2. The van der Waals surface area contributed by atoms with Gasteiger partial charge in [-0.15, -0.1) is 0 Å². The topological polar surface area (TPSA) is 30.5 Å². The van der Waals surface area contributed by atoms with Crippen LogP contribution < -0.4 is 14.8 Å². The van der Waals surface area contributed by atoms with E-state index in [-0.39, 0.29) is 0 Å². The van der Waals surface area contributed by atoms with Crippen molar-refractivity contribution in [2.75, 3.05) is 11.9 Å². The van der Waals surface area contributed by atoms with Crippen LogP contribution >= 0.6 is 39.1 Å². The smallest absolute Gasteiger partial charge is 0.175 e. The summed E-state index contributed by atoms with van der Waals surface area (Å²) in [5.74, 6) is 1.34. The van der Waals surface area contributed by atoms with Crippen LogP contribution in [-0.2, 0) is 13.2 Å². The molecule has 0 aliphatic heterocycles. The van der Waals surface area contributed by atoms with E-state index in [0.717, 1.165) is 21.3 Å². The van der Waals surface area contributed by atoms with Crippen LogP contribution in [0.15, 0.2) is 59.1 Å². The van der Waals surface area contributed by atoms with Crippen molar-refractivity contribution in [2.24, 2.45) is 0 Å². The van der Waals surface area contributed by atoms with E-state index in [1.165, 1.54) is 5.56 Å². The van der Waals surface area contributed by atoms with Gasteiger partial charge in [0.25, 0.3) is 0 Å². The predicted octanol–water partition coefficient (Wildman–Crippen LogP) is 7.65. The Kier molecular flexibility index (Phi) is 7.70. The molecule has 0 saturated heterocycles. The fraction of sp³-hybridized carbons (Fsp3) is 0.217. The number of hydrogen-bond acceptors (Lipinski definition) is 3. The Morgan fingerprint density at radius 3 is 2.55 bits per heavy atom. The lowest BCUT2D eigenvalue weighted by Crippen LogP contribution is -2.04. The van der Waals surface area contributed by atoms with Crippen LogP contribution in [0.5, 0.6) is 11.5 Å². The van der Waals surface area contributed by atoms with E-state index in [0.29, 0.717) is 41.3 Å². The average Bonchev–Trinajstić information content (AvgIpc) is 2.67. The van der Waals surface area contributed by atoms with Gasteiger partial charge in [0.15, 0.2) is 11.5 Å². The highest BCUT2D eigenvalue weighted by molar-refractivity contribution is 9.10. The molecule has 0 fully saturated rings. The lowest BCUT2D eigenvalue weighted by molar-refractivity contribution is 0.267. The summed E-state index contributed by atoms with van der Waals surface area (Å²) in [6.07, 6.45) is 0. The molecule has 0 bridgehead atoms. The molecule has 3 aromatic rings. The summed E-state index contributed by atoms with van der Waals surface area (Å²) >= 11 is 15.8. The Morgan fingerprint density at radius 2 is 1.83 bits per heavy atom. The highest BCUT2D eigenvalue weighted by atomic mass is 79.9. The minimum absolute atomic E-state index is 0.315. The van der Waals surface area contributed by atoms with Crippen molar-refractivity contribution in [3.63, 3.8) is 0 Å². The van der Waals surface area contributed by atoms with Gasteiger partial charge >= 0.3 is 0 Å². The van der Waals surface area contributed by atoms with Crippen LogP contribution in [0.2, 0.25) is 10.0 Å². The second-order valence-electron chi connectivity index (χ2n) is 6.59. The van der Waals surface area contributed by atoms with Gasteiger partial charge in [0, 0.05) is 27.8 Å². The summed E-state index contributed by atoms with van der Waals surface area (Å²) in [6, 6.07) is 17.7. The molecule has 0 unspecified atom stereocenters. The number of anilines is 1. The molecule has 3 aromatic carbocycles. The number of halogens is 3. The molecule has 1 N–H and O–H groups in total. The van der Waals surface area contributed by atoms with Gasteiger partial charge in [-0.05, 0) is 77.3 Å². The second-order valence-corrected chi connectivity index (χ2v) is 8.28. The molecule has 6 heteroatoms. The molecule has 0 heterocycles. The third kappa shape index (κ3) is 6.05. The number of ether oxygens (including phenoxy) is 2. The Morgan fingerprint density at radius 1 is 1.00 bits per heavy atom. The highest BCUT2D eigenvalue weighted by Crippen LogP contribution is 2.38. The zero-order chi connectivity index (χ0) is 20.8. The van der Waals surface area contributed by atoms with E-state index in [1.54, 1.807) is 12.1 Å². The van der Waals surface area contributed by atoms with Gasteiger partial charge in [-0.3, -0.25) is 0 Å². The summed E-state index contributed by atoms with van der Waals surface area (Å²) in [6.45, 7) is 5.56. The average molecular weight is 495 g/mol. The molecule has 0 aliphatic carbocycles. The fourth-order valence-electron chi connectivity index (χ4n) is 2.87. The Balaban J connectivity index is 1.76. The van der Waals surface area contributed by atoms with Crippen molar-refractivity contribution in [1.82, 2.24) is 0 Å². The molecule has 152 valence electrons. The highest BCUT2D eigenvalue weighted by Gasteiger charge is 2.14. The van der Waals surface area contributed by atoms with Crippen molar-refractivity contribution in [3.05, 3.63) is 85.8 Å². The van der Waals surface area contributed by atoms with Crippen LogP contribution in [-0.4, -0.2) is 6.61 Å². The summed E-state index contributed by atoms with van der Waals surface area (Å²) in [5.41, 5.74) is 4.24. The van der Waals surface area contributed by atoms with Crippen molar-refractivity contribution >= 4 is 44.8 Å². The van der Waals surface area contributed by atoms with Crippen LogP contribution in [0, 0.1) is 6.92 Å². The summed E-state index contributed by atoms with van der Waals surface area (Å²) < 4.78 is 12.7. The first-order valence-corrected chi connectivity index (χ1v) is 10.8. The molecule has 29 heavy (non-hydrogen) atoms. The Hall–Kier alpha value is -1.88. The number of aryl methyl sites for hydroxylation is 1. The first kappa shape index (κ1) is 21.8. The van der Waals surface area contributed by atoms with Gasteiger partial charge in [-0.2, -0.15) is 0 Å². The number of rotatable bonds is 8. The first-order valence-electron chi connectivity index (χ1n) is 9.28. The molecule has 0 radical (unpaired) electrons. The third-order valence-corrected chi connectivity index (χ3v) is 5.45. The minimum atomic E-state index is 0.315. The van der Waals surface area contributed by atoms with E-state index in [2.05, 4.69) is 46.4 Å². The van der Waals surface area contributed by atoms with Crippen LogP contribution in [0.3, 0.4) is 0 Å². The van der Waals surface area contributed by atoms with Crippen molar-refractivity contribution in [3.8, 4) is 11.5 Å². The van der Waals surface area contributed by atoms with Gasteiger partial charge in [0.1, 0.15) is 6.61 Å². The van der Waals surface area contributed by atoms with Gasteiger partial charge < -0.3 is 14.8 Å². The SMILES string of the molecule is CCOc1cc(CNc2cccc(C)c2)cc(Br)c1OCc1ccc(Cl)cc1Cl. The second kappa shape index (κ2) is 10.2. The lowest BCUT2D eigenvalue weighted by Gasteiger charge is -2.16. The lowest BCUT2D eigenvalue weighted by atomic mass is 10.1. The molecule has 3 nitrogen and oxygen atoms in total. The maximum Gasteiger partial charge on any atom is 0.175 e. The molecule has 0 spiro atoms. The minimum Gasteiger partial charge on any atom is -0.490 e. The monoisotopic (exact) mass is 493 g/mol. The predicted molar refractivity (Wildman–Crippen MR) is 125 cm³/mol. The van der Waals surface area contributed by atoms with E-state index in [1.807, 2.05) is 31.2 Å². The fourth-order valence-corrected chi connectivity index (χ4v) is 3.94. The number of nitrogens with one attached hydrogen (secondary N) is 1. The maximum absolute atomic E-state index is 6.26. The van der Waals surface area contributed by atoms with Crippen LogP contribution in [0.4, 0.5) is 5.69 Å². The zero-order valence-corrected chi connectivity index (χ0v) is 19.4. The van der Waals surface area contributed by atoms with Crippen molar-refractivity contribution in [1.29, 1.82) is 0 Å². The zero-order valence-electron chi connectivity index (χ0n) is 16.3. The van der Waals surface area contributed by atoms with Crippen LogP contribution in [0.1, 0.15) is 23.6 Å². The van der Waals surface area contributed by atoms with E-state index >= 15 is 0 Å². The number of benzene rings is 3. The molecule has 0 aromatic heterocycles. The van der Waals surface area contributed by atoms with Crippen LogP contribution in [0.25, 0.3) is 0 Å². The summed E-state index contributed by atoms with van der Waals surface area (Å²) in [4.78, 5) is 0. The van der Waals surface area contributed by atoms with Gasteiger partial charge in [0.05, 0.1) is 11.1 Å². The first-order chi connectivity index (χ1) is 14.0. The molecule has 0 atom stereocenters. The number of hydrogen-bond donors (Lipinski definition) is 1. The normalized spacial score (nSPS) is 10.7. The molecule has 0 amide bonds. The van der Waals surface area contributed by atoms with E-state index in [4.69, 9.17) is 32.7 Å². The third-order valence-electron chi connectivity index (χ3n) is 4.27. The maximum atomic E-state index is 6.26. The summed E-state index contributed by atoms with van der Waals surface area (Å²) in [5, 5.41) is 4.61. The van der Waals surface area contributed by atoms with Gasteiger partial charge in [-0.1, -0.05) is 41.4 Å². The summed E-state index contributed by atoms with van der Waals surface area (Å²) in [7, 11) is 0. The Bertz CT molecular complexity index is 995. The standard InChI is InChI=1S/C23H22BrCl2NO2/c1-3-28-22-11-16(13-27-19-6-4-5-15(2)9-19)10-20(24)23(22)29-14-17-7-8-18(25)12-21(17)26/h4-12,27H,3,13-14H2,1-2H3. The molecule has 0 saturated carbocycles. The van der Waals surface area contributed by atoms with Gasteiger partial charge in [0.2, 0.25) is 0 Å². The molecule has 0 aliphatic rings. The van der Waals surface area contributed by atoms with E-state index in [9.17, 15) is 0 Å². The Labute approximate surface area is 190 Å². The van der Waals surface area contributed by atoms with Crippen molar-refractivity contribution < 1.29 is 9.47 Å². The molecular weight excluding hydrogens is 473 g/mol. The molecule has 3 rings (SSSR count). The van der Waals surface area contributed by atoms with Crippen molar-refractivity contribution in [2.45, 2.75) is 27.0 Å². The van der Waals surface area contributed by atoms with Gasteiger partial charge in [-0.25, -0.2) is 0 Å². The quantitative estimate of drug-likeness (QED) is 0.348.